The van der Waals surface area contributed by atoms with Crippen LogP contribution in [0.15, 0.2) is 66.7 Å². The van der Waals surface area contributed by atoms with E-state index in [0.29, 0.717) is 0 Å². The minimum Gasteiger partial charge on any atom is -0.207 e. The van der Waals surface area contributed by atoms with Crippen molar-refractivity contribution < 1.29 is 4.39 Å². The Kier molecular flexibility index (Phi) is 3.83. The number of fused-ring (bicyclic) bond motifs is 1. The molecule has 0 N–H and O–H groups in total. The summed E-state index contributed by atoms with van der Waals surface area (Å²) >= 11 is 3.69. The van der Waals surface area contributed by atoms with Gasteiger partial charge in [-0.2, -0.15) is 0 Å². The average molecular weight is 329 g/mol. The third-order valence-electron chi connectivity index (χ3n) is 3.46. The Morgan fingerprint density at radius 1 is 0.850 bits per heavy atom. The van der Waals surface area contributed by atoms with Crippen LogP contribution in [0.25, 0.3) is 10.8 Å². The van der Waals surface area contributed by atoms with E-state index >= 15 is 0 Å². The minimum atomic E-state index is -0.195. The highest BCUT2D eigenvalue weighted by molar-refractivity contribution is 9.09. The van der Waals surface area contributed by atoms with Crippen LogP contribution in [0.3, 0.4) is 0 Å². The second-order valence-electron chi connectivity index (χ2n) is 4.90. The van der Waals surface area contributed by atoms with Gasteiger partial charge in [0.1, 0.15) is 5.82 Å². The predicted octanol–water partition coefficient (Wildman–Crippen LogP) is 5.66. The molecule has 0 aliphatic rings. The third-order valence-corrected chi connectivity index (χ3v) is 4.31. The topological polar surface area (TPSA) is 0 Å². The monoisotopic (exact) mass is 328 g/mol. The quantitative estimate of drug-likeness (QED) is 0.544. The van der Waals surface area contributed by atoms with Gasteiger partial charge in [-0.15, -0.1) is 0 Å². The SMILES string of the molecule is Fc1ccc(C(Br)Cc2ccc3ccccc3c2)cc1. The Morgan fingerprint density at radius 3 is 2.30 bits per heavy atom. The summed E-state index contributed by atoms with van der Waals surface area (Å²) in [5.74, 6) is -0.195. The fourth-order valence-electron chi connectivity index (χ4n) is 2.36. The molecule has 2 heteroatoms. The summed E-state index contributed by atoms with van der Waals surface area (Å²) in [6.07, 6.45) is 0.885. The zero-order valence-electron chi connectivity index (χ0n) is 10.9. The number of hydrogen-bond donors (Lipinski definition) is 0. The van der Waals surface area contributed by atoms with Crippen LogP contribution in [0.1, 0.15) is 16.0 Å². The second-order valence-corrected chi connectivity index (χ2v) is 6.01. The van der Waals surface area contributed by atoms with Crippen molar-refractivity contribution in [1.82, 2.24) is 0 Å². The molecule has 0 saturated carbocycles. The Hall–Kier alpha value is -1.67. The van der Waals surface area contributed by atoms with E-state index in [2.05, 4.69) is 52.3 Å². The van der Waals surface area contributed by atoms with Crippen LogP contribution < -0.4 is 0 Å². The Labute approximate surface area is 126 Å². The van der Waals surface area contributed by atoms with Crippen molar-refractivity contribution in [2.75, 3.05) is 0 Å². The zero-order chi connectivity index (χ0) is 13.9. The van der Waals surface area contributed by atoms with Crippen LogP contribution in [0, 0.1) is 5.82 Å². The van der Waals surface area contributed by atoms with Gasteiger partial charge in [0, 0.05) is 4.83 Å². The van der Waals surface area contributed by atoms with E-state index in [-0.39, 0.29) is 10.6 Å². The van der Waals surface area contributed by atoms with Crippen molar-refractivity contribution in [2.24, 2.45) is 0 Å². The molecule has 20 heavy (non-hydrogen) atoms. The molecule has 1 unspecified atom stereocenters. The zero-order valence-corrected chi connectivity index (χ0v) is 12.5. The second kappa shape index (κ2) is 5.76. The lowest BCUT2D eigenvalue weighted by atomic mass is 10.0. The summed E-state index contributed by atoms with van der Waals surface area (Å²) < 4.78 is 12.9. The van der Waals surface area contributed by atoms with Crippen LogP contribution in [0.4, 0.5) is 4.39 Å². The molecule has 0 fully saturated rings. The molecule has 0 amide bonds. The van der Waals surface area contributed by atoms with Gasteiger partial charge in [0.15, 0.2) is 0 Å². The molecule has 0 aromatic heterocycles. The minimum absolute atomic E-state index is 0.195. The van der Waals surface area contributed by atoms with Crippen LogP contribution in [0.2, 0.25) is 0 Å². The maximum absolute atomic E-state index is 12.9. The summed E-state index contributed by atoms with van der Waals surface area (Å²) in [6.45, 7) is 0. The number of hydrogen-bond acceptors (Lipinski definition) is 0. The number of alkyl halides is 1. The largest absolute Gasteiger partial charge is 0.207 e. The van der Waals surface area contributed by atoms with E-state index in [4.69, 9.17) is 0 Å². The average Bonchev–Trinajstić information content (AvgIpc) is 2.48. The third kappa shape index (κ3) is 2.91. The molecule has 0 aliphatic heterocycles. The standard InChI is InChI=1S/C18H14BrF/c19-18(15-7-9-17(20)10-8-15)12-13-5-6-14-3-1-2-4-16(14)11-13/h1-11,18H,12H2. The first-order chi connectivity index (χ1) is 9.72. The molecule has 0 radical (unpaired) electrons. The molecule has 100 valence electrons. The first-order valence-corrected chi connectivity index (χ1v) is 7.51. The summed E-state index contributed by atoms with van der Waals surface area (Å²) in [5, 5.41) is 2.51. The van der Waals surface area contributed by atoms with Crippen molar-refractivity contribution in [1.29, 1.82) is 0 Å². The smallest absolute Gasteiger partial charge is 0.123 e. The Morgan fingerprint density at radius 2 is 1.55 bits per heavy atom. The fraction of sp³-hybridized carbons (Fsp3) is 0.111. The lowest BCUT2D eigenvalue weighted by Gasteiger charge is -2.11. The lowest BCUT2D eigenvalue weighted by molar-refractivity contribution is 0.627. The molecular weight excluding hydrogens is 315 g/mol. The van der Waals surface area contributed by atoms with Gasteiger partial charge in [-0.05, 0) is 40.5 Å². The maximum atomic E-state index is 12.9. The van der Waals surface area contributed by atoms with E-state index in [1.165, 1.54) is 28.5 Å². The van der Waals surface area contributed by atoms with Crippen LogP contribution in [0.5, 0.6) is 0 Å². The van der Waals surface area contributed by atoms with E-state index in [1.54, 1.807) is 0 Å². The van der Waals surface area contributed by atoms with E-state index < -0.39 is 0 Å². The molecule has 0 saturated heterocycles. The Balaban J connectivity index is 1.83. The predicted molar refractivity (Wildman–Crippen MR) is 85.7 cm³/mol. The highest BCUT2D eigenvalue weighted by Gasteiger charge is 2.09. The first-order valence-electron chi connectivity index (χ1n) is 6.59. The van der Waals surface area contributed by atoms with Gasteiger partial charge in [0.25, 0.3) is 0 Å². The number of benzene rings is 3. The van der Waals surface area contributed by atoms with Crippen molar-refractivity contribution in [3.8, 4) is 0 Å². The van der Waals surface area contributed by atoms with E-state index in [1.807, 2.05) is 18.2 Å². The summed E-state index contributed by atoms with van der Waals surface area (Å²) in [5.41, 5.74) is 2.37. The van der Waals surface area contributed by atoms with Crippen molar-refractivity contribution in [3.05, 3.63) is 83.7 Å². The lowest BCUT2D eigenvalue weighted by Crippen LogP contribution is -1.95. The van der Waals surface area contributed by atoms with Gasteiger partial charge in [0.2, 0.25) is 0 Å². The highest BCUT2D eigenvalue weighted by atomic mass is 79.9. The van der Waals surface area contributed by atoms with Crippen LogP contribution >= 0.6 is 15.9 Å². The van der Waals surface area contributed by atoms with E-state index in [0.717, 1.165) is 12.0 Å². The molecule has 0 heterocycles. The van der Waals surface area contributed by atoms with Gasteiger partial charge in [-0.25, -0.2) is 4.39 Å². The molecule has 3 aromatic rings. The van der Waals surface area contributed by atoms with E-state index in [9.17, 15) is 4.39 Å². The summed E-state index contributed by atoms with van der Waals surface area (Å²) in [6, 6.07) is 21.5. The van der Waals surface area contributed by atoms with Gasteiger partial charge in [-0.1, -0.05) is 70.5 Å². The van der Waals surface area contributed by atoms with Gasteiger partial charge in [0.05, 0.1) is 0 Å². The normalized spacial score (nSPS) is 12.5. The molecule has 0 aliphatic carbocycles. The van der Waals surface area contributed by atoms with Crippen molar-refractivity contribution in [2.45, 2.75) is 11.2 Å². The first kappa shape index (κ1) is 13.3. The van der Waals surface area contributed by atoms with Crippen molar-refractivity contribution >= 4 is 26.7 Å². The maximum Gasteiger partial charge on any atom is 0.123 e. The van der Waals surface area contributed by atoms with Crippen molar-refractivity contribution in [3.63, 3.8) is 0 Å². The number of halogens is 2. The summed E-state index contributed by atoms with van der Waals surface area (Å²) in [4.78, 5) is 0.198. The van der Waals surface area contributed by atoms with Gasteiger partial charge in [-0.3, -0.25) is 0 Å². The molecule has 0 spiro atoms. The number of rotatable bonds is 3. The van der Waals surface area contributed by atoms with Gasteiger partial charge < -0.3 is 0 Å². The molecule has 3 aromatic carbocycles. The van der Waals surface area contributed by atoms with Gasteiger partial charge >= 0.3 is 0 Å². The van der Waals surface area contributed by atoms with Crippen LogP contribution in [-0.4, -0.2) is 0 Å². The molecule has 1 atom stereocenters. The summed E-state index contributed by atoms with van der Waals surface area (Å²) in [7, 11) is 0. The molecular formula is C18H14BrF. The molecule has 0 bridgehead atoms. The fourth-order valence-corrected chi connectivity index (χ4v) is 3.04. The highest BCUT2D eigenvalue weighted by Crippen LogP contribution is 2.28. The molecule has 3 rings (SSSR count). The molecule has 0 nitrogen and oxygen atoms in total. The van der Waals surface area contributed by atoms with Crippen LogP contribution in [-0.2, 0) is 6.42 Å². The Bertz CT molecular complexity index is 719.